The van der Waals surface area contributed by atoms with Gasteiger partial charge in [-0.2, -0.15) is 0 Å². The molecule has 0 rings (SSSR count). The monoisotopic (exact) mass is 376 g/mol. The zero-order valence-electron chi connectivity index (χ0n) is 15.8. The summed E-state index contributed by atoms with van der Waals surface area (Å²) in [4.78, 5) is 9.70. The number of carboxylic acids is 1. The van der Waals surface area contributed by atoms with E-state index in [1.807, 2.05) is 0 Å². The van der Waals surface area contributed by atoms with Gasteiger partial charge in [0.25, 0.3) is 0 Å². The number of aliphatic carboxylic acids is 1. The molecule has 0 heterocycles. The van der Waals surface area contributed by atoms with Crippen LogP contribution in [-0.4, -0.2) is 30.7 Å². The number of carbonyl (C=O) groups is 1. The summed E-state index contributed by atoms with van der Waals surface area (Å²) in [5.74, 6) is -0.972. The molecule has 0 bridgehead atoms. The van der Waals surface area contributed by atoms with Gasteiger partial charge in [0.05, 0.1) is 12.5 Å². The summed E-state index contributed by atoms with van der Waals surface area (Å²) >= 11 is 0. The molecule has 0 fully saturated rings. The molecule has 8 heteroatoms. The number of hydrogen-bond acceptors (Lipinski definition) is 5. The molecule has 6 nitrogen and oxygen atoms in total. The first-order chi connectivity index (χ1) is 10.7. The summed E-state index contributed by atoms with van der Waals surface area (Å²) in [5.41, 5.74) is 0. The number of unbranched alkanes of at least 4 members (excludes halogenated alkanes) is 9. The van der Waals surface area contributed by atoms with Gasteiger partial charge < -0.3 is 9.66 Å². The van der Waals surface area contributed by atoms with Gasteiger partial charge in [0.2, 0.25) is 10.4 Å². The Hall–Kier alpha value is 0.340. The maximum atomic E-state index is 10.1. The molecule has 0 aliphatic rings. The average molecular weight is 376 g/mol. The summed E-state index contributed by atoms with van der Waals surface area (Å²) in [6.45, 7) is 5.52. The van der Waals surface area contributed by atoms with Crippen LogP contribution in [0.2, 0.25) is 0 Å². The van der Waals surface area contributed by atoms with E-state index in [0.29, 0.717) is 6.42 Å². The molecule has 24 heavy (non-hydrogen) atoms. The fraction of sp³-hybridized carbons (Fsp3) is 0.938. The molecular weight excluding hydrogens is 343 g/mol. The van der Waals surface area contributed by atoms with Crippen LogP contribution in [0.15, 0.2) is 0 Å². The Labute approximate surface area is 170 Å². The topological polar surface area (TPSA) is 104 Å². The molecule has 0 spiro atoms. The minimum atomic E-state index is -4.48. The summed E-state index contributed by atoms with van der Waals surface area (Å²) in [7, 11) is -4.48. The first kappa shape index (κ1) is 29.1. The molecule has 0 unspecified atom stereocenters. The fourth-order valence-corrected chi connectivity index (χ4v) is 2.07. The molecule has 0 atom stereocenters. The number of rotatable bonds is 13. The third kappa shape index (κ3) is 30.2. The van der Waals surface area contributed by atoms with Crippen LogP contribution in [0, 0.1) is 5.92 Å². The molecule has 0 aliphatic heterocycles. The first-order valence-corrected chi connectivity index (χ1v) is 9.87. The molecule has 0 aromatic heterocycles. The molecule has 0 radical (unpaired) electrons. The van der Waals surface area contributed by atoms with Gasteiger partial charge in [0.1, 0.15) is 0 Å². The Kier molecular flexibility index (Phi) is 23.9. The van der Waals surface area contributed by atoms with Crippen molar-refractivity contribution in [1.29, 1.82) is 0 Å². The number of hydrogen-bond donors (Lipinski definition) is 1. The molecule has 0 amide bonds. The van der Waals surface area contributed by atoms with E-state index in [0.717, 1.165) is 12.8 Å². The molecule has 140 valence electrons. The van der Waals surface area contributed by atoms with Gasteiger partial charge in [-0.25, -0.2) is 8.42 Å². The van der Waals surface area contributed by atoms with E-state index in [2.05, 4.69) is 11.1 Å². The summed E-state index contributed by atoms with van der Waals surface area (Å²) in [5, 5.41) is 7.99. The van der Waals surface area contributed by atoms with Crippen LogP contribution < -0.4 is 29.6 Å². The van der Waals surface area contributed by atoms with Crippen molar-refractivity contribution >= 4 is 16.4 Å². The van der Waals surface area contributed by atoms with Gasteiger partial charge in [-0.1, -0.05) is 78.6 Å². The quantitative estimate of drug-likeness (QED) is 0.224. The molecule has 0 saturated heterocycles. The van der Waals surface area contributed by atoms with Crippen molar-refractivity contribution in [3.8, 4) is 0 Å². The van der Waals surface area contributed by atoms with Gasteiger partial charge >= 0.3 is 35.5 Å². The van der Waals surface area contributed by atoms with Crippen LogP contribution in [0.4, 0.5) is 0 Å². The zero-order valence-corrected chi connectivity index (χ0v) is 18.6. The summed E-state index contributed by atoms with van der Waals surface area (Å²) < 4.78 is 34.5. The molecule has 0 aromatic carbocycles. The normalized spacial score (nSPS) is 10.7. The Morgan fingerprint density at radius 1 is 0.958 bits per heavy atom. The minimum absolute atomic E-state index is 0. The summed E-state index contributed by atoms with van der Waals surface area (Å²) in [6.07, 6.45) is 11.7. The molecular formula is C16H33NaO6S. The molecule has 0 aromatic rings. The predicted molar refractivity (Wildman–Crippen MR) is 90.0 cm³/mol. The fourth-order valence-electron chi connectivity index (χ4n) is 1.75. The minimum Gasteiger partial charge on any atom is -0.726 e. The Morgan fingerprint density at radius 2 is 1.29 bits per heavy atom. The Morgan fingerprint density at radius 3 is 1.58 bits per heavy atom. The zero-order chi connectivity index (χ0) is 18.1. The van der Waals surface area contributed by atoms with E-state index in [1.54, 1.807) is 13.8 Å². The molecule has 0 saturated carbocycles. The van der Waals surface area contributed by atoms with Crippen LogP contribution in [0.3, 0.4) is 0 Å². The average Bonchev–Trinajstić information content (AvgIpc) is 2.44. The van der Waals surface area contributed by atoms with Crippen LogP contribution in [-0.2, 0) is 19.4 Å². The van der Waals surface area contributed by atoms with Crippen molar-refractivity contribution in [2.24, 2.45) is 5.92 Å². The largest absolute Gasteiger partial charge is 1.00 e. The van der Waals surface area contributed by atoms with E-state index < -0.39 is 16.4 Å². The van der Waals surface area contributed by atoms with Crippen molar-refractivity contribution in [2.75, 3.05) is 6.61 Å². The third-order valence-electron chi connectivity index (χ3n) is 3.22. The van der Waals surface area contributed by atoms with E-state index >= 15 is 0 Å². The predicted octanol–water partition coefficient (Wildman–Crippen LogP) is 1.12. The SMILES string of the molecule is CC(C)C(=O)O.CCCCCCCCCCCCOS(=O)(=O)[O-].[Na+]. The third-order valence-corrected chi connectivity index (χ3v) is 3.67. The van der Waals surface area contributed by atoms with Crippen LogP contribution in [0.1, 0.15) is 85.0 Å². The van der Waals surface area contributed by atoms with Gasteiger partial charge in [0, 0.05) is 0 Å². The first-order valence-electron chi connectivity index (χ1n) is 8.53. The van der Waals surface area contributed by atoms with Crippen molar-refractivity contribution in [1.82, 2.24) is 0 Å². The van der Waals surface area contributed by atoms with Gasteiger partial charge in [-0.3, -0.25) is 8.98 Å². The molecule has 0 aliphatic carbocycles. The summed E-state index contributed by atoms with van der Waals surface area (Å²) in [6, 6.07) is 0. The maximum absolute atomic E-state index is 10.1. The van der Waals surface area contributed by atoms with E-state index in [-0.39, 0.29) is 42.1 Å². The van der Waals surface area contributed by atoms with E-state index in [4.69, 9.17) is 5.11 Å². The van der Waals surface area contributed by atoms with Gasteiger partial charge in [-0.15, -0.1) is 0 Å². The van der Waals surface area contributed by atoms with Crippen LogP contribution in [0.25, 0.3) is 0 Å². The van der Waals surface area contributed by atoms with Gasteiger partial charge in [0.15, 0.2) is 0 Å². The van der Waals surface area contributed by atoms with Crippen molar-refractivity contribution in [3.63, 3.8) is 0 Å². The van der Waals surface area contributed by atoms with Gasteiger partial charge in [-0.05, 0) is 6.42 Å². The Balaban J connectivity index is -0.000000538. The smallest absolute Gasteiger partial charge is 0.726 e. The molecule has 1 N–H and O–H groups in total. The van der Waals surface area contributed by atoms with Crippen LogP contribution >= 0.6 is 0 Å². The second-order valence-electron chi connectivity index (χ2n) is 5.91. The second-order valence-corrected chi connectivity index (χ2v) is 6.96. The number of carboxylic acid groups (broad SMARTS) is 1. The standard InChI is InChI=1S/C12H26O4S.C4H8O2.Na/c1-2-3-4-5-6-7-8-9-10-11-12-16-17(13,14)15;1-3(2)4(5)6;/h2-12H2,1H3,(H,13,14,15);3H,1-2H3,(H,5,6);/q;;+1/p-1. The Bertz CT molecular complexity index is 371. The van der Waals surface area contributed by atoms with E-state index in [9.17, 15) is 17.8 Å². The van der Waals surface area contributed by atoms with Crippen molar-refractivity contribution < 1.29 is 56.6 Å². The van der Waals surface area contributed by atoms with Crippen LogP contribution in [0.5, 0.6) is 0 Å². The van der Waals surface area contributed by atoms with E-state index in [1.165, 1.54) is 44.9 Å². The second kappa shape index (κ2) is 19.7. The maximum Gasteiger partial charge on any atom is 1.00 e. The van der Waals surface area contributed by atoms with Crippen molar-refractivity contribution in [3.05, 3.63) is 0 Å². The van der Waals surface area contributed by atoms with Crippen molar-refractivity contribution in [2.45, 2.75) is 85.0 Å².